The first-order valence-corrected chi connectivity index (χ1v) is 13.9. The molecule has 0 nitrogen and oxygen atoms in total. The Morgan fingerprint density at radius 3 is 1.51 bits per heavy atom. The predicted octanol–water partition coefficient (Wildman–Crippen LogP) is 9.79. The van der Waals surface area contributed by atoms with Gasteiger partial charge in [-0.1, -0.05) is 51.0 Å². The highest BCUT2D eigenvalue weighted by atomic mass is 19.2. The molecule has 0 aromatic heterocycles. The molecule has 0 N–H and O–H groups in total. The average molecular weight is 489 g/mol. The van der Waals surface area contributed by atoms with Gasteiger partial charge in [-0.3, -0.25) is 0 Å². The summed E-state index contributed by atoms with van der Waals surface area (Å²) >= 11 is 0. The van der Waals surface area contributed by atoms with Crippen molar-refractivity contribution in [3.63, 3.8) is 0 Å². The predicted molar refractivity (Wildman–Crippen MR) is 135 cm³/mol. The minimum Gasteiger partial charge on any atom is -0.203 e. The van der Waals surface area contributed by atoms with Crippen molar-refractivity contribution in [2.24, 2.45) is 11.8 Å². The van der Waals surface area contributed by atoms with Gasteiger partial charge in [0.05, 0.1) is 0 Å². The van der Waals surface area contributed by atoms with Gasteiger partial charge in [0, 0.05) is 0 Å². The summed E-state index contributed by atoms with van der Waals surface area (Å²) in [6.45, 7) is 4.02. The van der Waals surface area contributed by atoms with Gasteiger partial charge in [0.15, 0.2) is 23.3 Å². The number of hydrogen-bond acceptors (Lipinski definition) is 0. The molecule has 35 heavy (non-hydrogen) atoms. The molecule has 4 heteroatoms. The third-order valence-electron chi connectivity index (χ3n) is 8.86. The maximum atomic E-state index is 15.2. The number of halogens is 4. The van der Waals surface area contributed by atoms with E-state index in [0.717, 1.165) is 63.7 Å². The molecule has 0 amide bonds. The van der Waals surface area contributed by atoms with E-state index in [1.807, 2.05) is 19.1 Å². The summed E-state index contributed by atoms with van der Waals surface area (Å²) < 4.78 is 58.7. The first-order chi connectivity index (χ1) is 16.9. The highest BCUT2D eigenvalue weighted by Gasteiger charge is 2.29. The van der Waals surface area contributed by atoms with Crippen LogP contribution in [0.5, 0.6) is 0 Å². The van der Waals surface area contributed by atoms with Gasteiger partial charge in [0.2, 0.25) is 0 Å². The molecule has 0 atom stereocenters. The van der Waals surface area contributed by atoms with Crippen LogP contribution < -0.4 is 0 Å². The Morgan fingerprint density at radius 2 is 1.03 bits per heavy atom. The van der Waals surface area contributed by atoms with E-state index >= 15 is 8.78 Å². The van der Waals surface area contributed by atoms with E-state index in [2.05, 4.69) is 6.92 Å². The fourth-order valence-electron chi connectivity index (χ4n) is 6.60. The first-order valence-electron chi connectivity index (χ1n) is 13.9. The minimum atomic E-state index is -0.719. The van der Waals surface area contributed by atoms with Crippen LogP contribution in [0.4, 0.5) is 17.6 Å². The van der Waals surface area contributed by atoms with E-state index in [-0.39, 0.29) is 11.8 Å². The Kier molecular flexibility index (Phi) is 8.94. The van der Waals surface area contributed by atoms with Crippen molar-refractivity contribution in [3.05, 3.63) is 69.8 Å². The first kappa shape index (κ1) is 26.2. The SMILES string of the molecule is CCCC1CCC(c2ccc(C3CCC(CCc4ccc(CC)c(F)c4F)CC3)c(F)c2F)CC1. The molecule has 0 spiro atoms. The van der Waals surface area contributed by atoms with Crippen LogP contribution in [0.25, 0.3) is 0 Å². The van der Waals surface area contributed by atoms with Gasteiger partial charge in [-0.2, -0.15) is 0 Å². The molecular formula is C31H40F4. The lowest BCUT2D eigenvalue weighted by atomic mass is 9.75. The summed E-state index contributed by atoms with van der Waals surface area (Å²) in [5, 5.41) is 0. The molecule has 192 valence electrons. The Morgan fingerprint density at radius 1 is 0.571 bits per heavy atom. The molecule has 4 rings (SSSR count). The zero-order valence-corrected chi connectivity index (χ0v) is 21.3. The summed E-state index contributed by atoms with van der Waals surface area (Å²) in [6, 6.07) is 7.08. The van der Waals surface area contributed by atoms with Gasteiger partial charge in [-0.05, 0) is 117 Å². The molecule has 2 aromatic carbocycles. The molecule has 2 aliphatic carbocycles. The lowest BCUT2D eigenvalue weighted by Crippen LogP contribution is -2.18. The molecule has 2 aliphatic rings. The topological polar surface area (TPSA) is 0 Å². The monoisotopic (exact) mass is 488 g/mol. The van der Waals surface area contributed by atoms with Crippen LogP contribution in [0, 0.1) is 35.1 Å². The van der Waals surface area contributed by atoms with Crippen LogP contribution in [-0.2, 0) is 12.8 Å². The molecule has 2 fully saturated rings. The minimum absolute atomic E-state index is 0.0353. The van der Waals surface area contributed by atoms with Gasteiger partial charge < -0.3 is 0 Å². The second kappa shape index (κ2) is 11.9. The zero-order valence-electron chi connectivity index (χ0n) is 21.3. The lowest BCUT2D eigenvalue weighted by molar-refractivity contribution is 0.297. The van der Waals surface area contributed by atoms with Crippen LogP contribution >= 0.6 is 0 Å². The van der Waals surface area contributed by atoms with Crippen LogP contribution in [0.2, 0.25) is 0 Å². The lowest BCUT2D eigenvalue weighted by Gasteiger charge is -2.31. The van der Waals surface area contributed by atoms with Gasteiger partial charge in [0.1, 0.15) is 0 Å². The average Bonchev–Trinajstić information content (AvgIpc) is 2.88. The van der Waals surface area contributed by atoms with Crippen molar-refractivity contribution < 1.29 is 17.6 Å². The maximum absolute atomic E-state index is 15.2. The molecule has 0 aliphatic heterocycles. The summed E-state index contributed by atoms with van der Waals surface area (Å²) in [5.74, 6) is -1.38. The fraction of sp³-hybridized carbons (Fsp3) is 0.613. The van der Waals surface area contributed by atoms with Crippen LogP contribution in [0.15, 0.2) is 24.3 Å². The van der Waals surface area contributed by atoms with E-state index in [9.17, 15) is 8.78 Å². The number of hydrogen-bond donors (Lipinski definition) is 0. The Bertz CT molecular complexity index is 982. The van der Waals surface area contributed by atoms with Gasteiger partial charge >= 0.3 is 0 Å². The number of rotatable bonds is 8. The second-order valence-electron chi connectivity index (χ2n) is 11.0. The molecule has 0 saturated heterocycles. The van der Waals surface area contributed by atoms with Crippen molar-refractivity contribution in [2.45, 2.75) is 109 Å². The van der Waals surface area contributed by atoms with Crippen molar-refractivity contribution in [2.75, 3.05) is 0 Å². The number of benzene rings is 2. The largest absolute Gasteiger partial charge is 0.203 e. The van der Waals surface area contributed by atoms with Crippen molar-refractivity contribution in [1.82, 2.24) is 0 Å². The maximum Gasteiger partial charge on any atom is 0.162 e. The van der Waals surface area contributed by atoms with Crippen molar-refractivity contribution >= 4 is 0 Å². The molecule has 0 radical (unpaired) electrons. The molecular weight excluding hydrogens is 448 g/mol. The van der Waals surface area contributed by atoms with Gasteiger partial charge in [-0.25, -0.2) is 17.6 Å². The molecule has 0 unspecified atom stereocenters. The smallest absolute Gasteiger partial charge is 0.162 e. The van der Waals surface area contributed by atoms with E-state index in [0.29, 0.717) is 41.0 Å². The summed E-state index contributed by atoms with van der Waals surface area (Å²) in [5.41, 5.74) is 1.94. The quantitative estimate of drug-likeness (QED) is 0.324. The Balaban J connectivity index is 1.32. The fourth-order valence-corrected chi connectivity index (χ4v) is 6.60. The summed E-state index contributed by atoms with van der Waals surface area (Å²) in [7, 11) is 0. The third kappa shape index (κ3) is 5.94. The van der Waals surface area contributed by atoms with E-state index in [4.69, 9.17) is 0 Å². The van der Waals surface area contributed by atoms with E-state index < -0.39 is 23.3 Å². The van der Waals surface area contributed by atoms with Crippen LogP contribution in [0.1, 0.15) is 119 Å². The summed E-state index contributed by atoms with van der Waals surface area (Å²) in [4.78, 5) is 0. The highest BCUT2D eigenvalue weighted by Crippen LogP contribution is 2.42. The zero-order chi connectivity index (χ0) is 24.9. The van der Waals surface area contributed by atoms with Crippen molar-refractivity contribution in [1.29, 1.82) is 0 Å². The molecule has 2 saturated carbocycles. The van der Waals surface area contributed by atoms with E-state index in [1.54, 1.807) is 12.1 Å². The van der Waals surface area contributed by atoms with Gasteiger partial charge in [0.25, 0.3) is 0 Å². The molecule has 0 heterocycles. The van der Waals surface area contributed by atoms with Crippen molar-refractivity contribution in [3.8, 4) is 0 Å². The number of aryl methyl sites for hydroxylation is 2. The Hall–Kier alpha value is -1.84. The van der Waals surface area contributed by atoms with Gasteiger partial charge in [-0.15, -0.1) is 0 Å². The second-order valence-corrected chi connectivity index (χ2v) is 11.0. The Labute approximate surface area is 208 Å². The normalized spacial score (nSPS) is 25.1. The molecule has 2 aromatic rings. The van der Waals surface area contributed by atoms with E-state index in [1.165, 1.54) is 12.8 Å². The van der Waals surface area contributed by atoms with Crippen LogP contribution in [-0.4, -0.2) is 0 Å². The summed E-state index contributed by atoms with van der Waals surface area (Å²) in [6.07, 6.45) is 11.8. The highest BCUT2D eigenvalue weighted by molar-refractivity contribution is 5.32. The van der Waals surface area contributed by atoms with Crippen LogP contribution in [0.3, 0.4) is 0 Å². The molecule has 0 bridgehead atoms. The standard InChI is InChI=1S/C31H40F4/c1-3-5-20-6-11-23(12-7-20)26-18-19-27(31(35)30(26)34)24-13-8-21(9-14-24)10-15-25-17-16-22(4-2)28(32)29(25)33/h16-21,23-24H,3-15H2,1-2H3. The third-order valence-corrected chi connectivity index (χ3v) is 8.86.